The van der Waals surface area contributed by atoms with E-state index in [2.05, 4.69) is 299 Å². The molecule has 15 rings (SSSR count). The molecule has 3 nitrogen and oxygen atoms in total. The molecule has 0 unspecified atom stereocenters. The zero-order valence-electron chi connectivity index (χ0n) is 41.8. The second-order valence-electron chi connectivity index (χ2n) is 19.7. The maximum atomic E-state index is 2.43. The number of aromatic nitrogens is 1. The van der Waals surface area contributed by atoms with Gasteiger partial charge in [0.2, 0.25) is 0 Å². The van der Waals surface area contributed by atoms with Crippen LogP contribution in [-0.2, 0) is 0 Å². The molecule has 0 aliphatic heterocycles. The molecule has 77 heavy (non-hydrogen) atoms. The number of thiophene rings is 2. The standard InChI is InChI=1S/C72H47N3S2/c1-5-19-52(20-6-1)73(53-21-7-2-8-22-53)57-44-62(71-65(46-57)60-28-14-17-31-69(60)76-71)50-37-33-48(34-38-50)49-35-39-51(40-36-49)63-45-58(47-66-61-29-15-18-32-70(61)77-72(63)66)74(54-23-9-3-10-24-54)56-41-42-68-64(43-56)59-27-13-16-30-67(59)75(68)55-25-11-4-12-26-55/h1-47H. The predicted octanol–water partition coefficient (Wildman–Crippen LogP) is 21.5. The van der Waals surface area contributed by atoms with E-state index in [0.29, 0.717) is 0 Å². The van der Waals surface area contributed by atoms with Gasteiger partial charge in [0, 0.05) is 102 Å². The minimum Gasteiger partial charge on any atom is -0.310 e. The Balaban J connectivity index is 0.832. The third kappa shape index (κ3) is 7.78. The maximum absolute atomic E-state index is 2.43. The normalized spacial score (nSPS) is 11.6. The first kappa shape index (κ1) is 44.9. The summed E-state index contributed by atoms with van der Waals surface area (Å²) in [5.41, 5.74) is 17.4. The summed E-state index contributed by atoms with van der Waals surface area (Å²) in [6, 6.07) is 104. The number of anilines is 6. The van der Waals surface area contributed by atoms with E-state index in [0.717, 1.165) is 39.8 Å². The fraction of sp³-hybridized carbons (Fsp3) is 0. The van der Waals surface area contributed by atoms with Crippen LogP contribution in [0.5, 0.6) is 0 Å². The summed E-state index contributed by atoms with van der Waals surface area (Å²) in [5.74, 6) is 0. The summed E-state index contributed by atoms with van der Waals surface area (Å²) < 4.78 is 7.54. The molecule has 0 fully saturated rings. The van der Waals surface area contributed by atoms with Gasteiger partial charge in [-0.1, -0.05) is 176 Å². The number of hydrogen-bond acceptors (Lipinski definition) is 4. The smallest absolute Gasteiger partial charge is 0.0542 e. The van der Waals surface area contributed by atoms with E-state index in [4.69, 9.17) is 0 Å². The van der Waals surface area contributed by atoms with Crippen molar-refractivity contribution in [2.75, 3.05) is 9.80 Å². The summed E-state index contributed by atoms with van der Waals surface area (Å²) >= 11 is 3.75. The van der Waals surface area contributed by atoms with Crippen LogP contribution in [0.4, 0.5) is 34.1 Å². The van der Waals surface area contributed by atoms with Crippen molar-refractivity contribution < 1.29 is 0 Å². The van der Waals surface area contributed by atoms with Crippen molar-refractivity contribution in [2.45, 2.75) is 0 Å². The van der Waals surface area contributed by atoms with Crippen LogP contribution < -0.4 is 9.80 Å². The highest BCUT2D eigenvalue weighted by atomic mass is 32.1. The maximum Gasteiger partial charge on any atom is 0.0542 e. The quantitative estimate of drug-likeness (QED) is 0.135. The second kappa shape index (κ2) is 18.7. The first-order chi connectivity index (χ1) is 38.2. The van der Waals surface area contributed by atoms with E-state index in [1.54, 1.807) is 0 Å². The fourth-order valence-corrected chi connectivity index (χ4v) is 14.0. The minimum atomic E-state index is 1.10. The Bertz CT molecular complexity index is 4620. The Morgan fingerprint density at radius 1 is 0.247 bits per heavy atom. The topological polar surface area (TPSA) is 11.4 Å². The van der Waals surface area contributed by atoms with Gasteiger partial charge in [-0.15, -0.1) is 22.7 Å². The van der Waals surface area contributed by atoms with Gasteiger partial charge >= 0.3 is 0 Å². The predicted molar refractivity (Wildman–Crippen MR) is 332 cm³/mol. The van der Waals surface area contributed by atoms with Crippen LogP contribution in [0.25, 0.3) is 101 Å². The average molecular weight is 1020 g/mol. The van der Waals surface area contributed by atoms with Crippen LogP contribution in [0.2, 0.25) is 0 Å². The van der Waals surface area contributed by atoms with E-state index in [1.165, 1.54) is 95.5 Å². The molecule has 0 amide bonds. The van der Waals surface area contributed by atoms with Gasteiger partial charge in [-0.2, -0.15) is 0 Å². The van der Waals surface area contributed by atoms with E-state index in [1.807, 2.05) is 22.7 Å². The van der Waals surface area contributed by atoms with E-state index in [-0.39, 0.29) is 0 Å². The highest BCUT2D eigenvalue weighted by Crippen LogP contribution is 2.49. The van der Waals surface area contributed by atoms with Crippen molar-refractivity contribution >= 4 is 119 Å². The molecule has 0 N–H and O–H groups in total. The molecule has 3 heterocycles. The molecule has 0 saturated carbocycles. The van der Waals surface area contributed by atoms with Gasteiger partial charge in [0.05, 0.1) is 11.0 Å². The van der Waals surface area contributed by atoms with Crippen LogP contribution in [0.15, 0.2) is 285 Å². The van der Waals surface area contributed by atoms with E-state index < -0.39 is 0 Å². The van der Waals surface area contributed by atoms with Gasteiger partial charge < -0.3 is 14.4 Å². The Morgan fingerprint density at radius 2 is 0.623 bits per heavy atom. The lowest BCUT2D eigenvalue weighted by Gasteiger charge is -2.26. The van der Waals surface area contributed by atoms with Crippen molar-refractivity contribution in [3.63, 3.8) is 0 Å². The summed E-state index contributed by atoms with van der Waals surface area (Å²) in [6.45, 7) is 0. The van der Waals surface area contributed by atoms with Gasteiger partial charge in [-0.25, -0.2) is 0 Å². The van der Waals surface area contributed by atoms with Gasteiger partial charge in [0.15, 0.2) is 0 Å². The lowest BCUT2D eigenvalue weighted by Crippen LogP contribution is -2.10. The Morgan fingerprint density at radius 3 is 1.12 bits per heavy atom. The number of fused-ring (bicyclic) bond motifs is 9. The molecule has 15 aromatic rings. The molecule has 0 aliphatic rings. The van der Waals surface area contributed by atoms with E-state index in [9.17, 15) is 0 Å². The second-order valence-corrected chi connectivity index (χ2v) is 21.8. The van der Waals surface area contributed by atoms with Gasteiger partial charge in [0.1, 0.15) is 0 Å². The van der Waals surface area contributed by atoms with Crippen LogP contribution in [0.1, 0.15) is 0 Å². The average Bonchev–Trinajstić information content (AvgIpc) is 4.25. The van der Waals surface area contributed by atoms with Crippen LogP contribution in [-0.4, -0.2) is 4.57 Å². The third-order valence-electron chi connectivity index (χ3n) is 15.1. The summed E-state index contributed by atoms with van der Waals surface area (Å²) in [7, 11) is 0. The Labute approximate surface area is 454 Å². The molecule has 0 spiro atoms. The number of nitrogens with zero attached hydrogens (tertiary/aromatic N) is 3. The number of hydrogen-bond donors (Lipinski definition) is 0. The van der Waals surface area contributed by atoms with Crippen LogP contribution >= 0.6 is 22.7 Å². The van der Waals surface area contributed by atoms with Gasteiger partial charge in [-0.05, 0) is 131 Å². The van der Waals surface area contributed by atoms with Gasteiger partial charge in [0.25, 0.3) is 0 Å². The molecule has 0 bridgehead atoms. The minimum absolute atomic E-state index is 1.10. The first-order valence-corrected chi connectivity index (χ1v) is 27.8. The fourth-order valence-electron chi connectivity index (χ4n) is 11.6. The van der Waals surface area contributed by atoms with Crippen LogP contribution in [0.3, 0.4) is 0 Å². The molecule has 0 radical (unpaired) electrons. The lowest BCUT2D eigenvalue weighted by molar-refractivity contribution is 1.18. The SMILES string of the molecule is c1ccc(N(c2ccccc2)c2cc(-c3ccc(-c4ccc(-c5cc(N(c6ccccc6)c6ccc7c(c6)c6ccccc6n7-c6ccccc6)cc6c5sc5ccccc56)cc4)cc3)c3sc4ccccc4c3c2)cc1. The third-order valence-corrected chi connectivity index (χ3v) is 17.6. The van der Waals surface area contributed by atoms with E-state index >= 15 is 0 Å². The number of rotatable bonds is 10. The molecular formula is C72H47N3S2. The Kier molecular flexibility index (Phi) is 10.9. The van der Waals surface area contributed by atoms with Gasteiger partial charge in [-0.3, -0.25) is 0 Å². The monoisotopic (exact) mass is 1020 g/mol. The molecular weight excluding hydrogens is 971 g/mol. The largest absolute Gasteiger partial charge is 0.310 e. The van der Waals surface area contributed by atoms with Crippen molar-refractivity contribution in [1.29, 1.82) is 0 Å². The summed E-state index contributed by atoms with van der Waals surface area (Å²) in [4.78, 5) is 4.81. The van der Waals surface area contributed by atoms with Crippen molar-refractivity contribution in [1.82, 2.24) is 4.57 Å². The van der Waals surface area contributed by atoms with Crippen molar-refractivity contribution in [2.24, 2.45) is 0 Å². The molecule has 362 valence electrons. The van der Waals surface area contributed by atoms with Crippen molar-refractivity contribution in [3.8, 4) is 39.1 Å². The number of benzene rings is 12. The first-order valence-electron chi connectivity index (χ1n) is 26.1. The summed E-state index contributed by atoms with van der Waals surface area (Å²) in [6.07, 6.45) is 0. The zero-order valence-corrected chi connectivity index (χ0v) is 43.4. The molecule has 0 saturated heterocycles. The molecule has 5 heteroatoms. The number of para-hydroxylation sites is 5. The Hall–Kier alpha value is -9.52. The lowest BCUT2D eigenvalue weighted by atomic mass is 9.96. The molecule has 3 aromatic heterocycles. The summed E-state index contributed by atoms with van der Waals surface area (Å²) in [5, 5.41) is 7.53. The van der Waals surface area contributed by atoms with Crippen LogP contribution in [0, 0.1) is 0 Å². The highest BCUT2D eigenvalue weighted by Gasteiger charge is 2.22. The molecule has 12 aromatic carbocycles. The van der Waals surface area contributed by atoms with Crippen molar-refractivity contribution in [3.05, 3.63) is 285 Å². The molecule has 0 aliphatic carbocycles. The highest BCUT2D eigenvalue weighted by molar-refractivity contribution is 7.26. The molecule has 0 atom stereocenters. The zero-order chi connectivity index (χ0) is 50.8.